The van der Waals surface area contributed by atoms with E-state index in [1.807, 2.05) is 0 Å². The van der Waals surface area contributed by atoms with E-state index in [4.69, 9.17) is 44.3 Å². The highest BCUT2D eigenvalue weighted by Gasteiger charge is 2.28. The number of amides is 2. The molecule has 0 aliphatic rings. The van der Waals surface area contributed by atoms with Crippen molar-refractivity contribution in [1.29, 1.82) is 0 Å². The summed E-state index contributed by atoms with van der Waals surface area (Å²) in [5.41, 5.74) is -0.0326. The summed E-state index contributed by atoms with van der Waals surface area (Å²) in [6.07, 6.45) is -0.683. The number of ether oxygens (including phenoxy) is 2. The normalized spacial score (nSPS) is 11.6. The molecule has 0 saturated carbocycles. The molecule has 0 fully saturated rings. The highest BCUT2D eigenvalue weighted by Crippen LogP contribution is 2.28. The molecule has 2 aromatic heterocycles. The zero-order valence-corrected chi connectivity index (χ0v) is 22.6. The Morgan fingerprint density at radius 1 is 1.21 bits per heavy atom. The van der Waals surface area contributed by atoms with Gasteiger partial charge in [0.05, 0.1) is 17.3 Å². The van der Waals surface area contributed by atoms with Gasteiger partial charge in [-0.05, 0) is 38.2 Å². The van der Waals surface area contributed by atoms with Crippen LogP contribution in [-0.2, 0) is 20.9 Å². The summed E-state index contributed by atoms with van der Waals surface area (Å²) in [6, 6.07) is 7.57. The van der Waals surface area contributed by atoms with Crippen LogP contribution in [-0.4, -0.2) is 53.4 Å². The lowest BCUT2D eigenvalue weighted by Crippen LogP contribution is -2.31. The van der Waals surface area contributed by atoms with E-state index in [1.54, 1.807) is 19.2 Å². The molecule has 1 atom stereocenters. The molecule has 0 radical (unpaired) electrons. The number of anilines is 2. The Balaban J connectivity index is 1.73. The van der Waals surface area contributed by atoms with Gasteiger partial charge in [-0.25, -0.2) is 18.9 Å². The molecule has 2 amide bonds. The number of rotatable bonds is 9. The zero-order chi connectivity index (χ0) is 28.0. The summed E-state index contributed by atoms with van der Waals surface area (Å²) in [7, 11) is 2.99. The minimum Gasteiger partial charge on any atom is -0.460 e. The van der Waals surface area contributed by atoms with E-state index in [-0.39, 0.29) is 29.7 Å². The number of aromatic nitrogens is 3. The van der Waals surface area contributed by atoms with Crippen molar-refractivity contribution in [3.05, 3.63) is 68.8 Å². The predicted molar refractivity (Wildman–Crippen MR) is 139 cm³/mol. The molecule has 0 spiro atoms. The standard InChI is InChI=1S/C23H22Cl3FN6O5/c1-12(38-23(36)32(3)21-13(5-4-8-29-21)11-37-17(34)10-28-2)33-20(26)18(27)19(31-33)22(35)30-16-7-6-14(24)9-15(16)25/h4-9,12,28H,10-11H2,1-3H3,(H,30,35). The lowest BCUT2D eigenvalue weighted by atomic mass is 10.2. The molecule has 0 bridgehead atoms. The van der Waals surface area contributed by atoms with Crippen LogP contribution in [0.25, 0.3) is 0 Å². The first kappa shape index (κ1) is 29.1. The summed E-state index contributed by atoms with van der Waals surface area (Å²) < 4.78 is 26.1. The number of pyridine rings is 1. The Morgan fingerprint density at radius 2 is 1.95 bits per heavy atom. The molecule has 0 aliphatic heterocycles. The van der Waals surface area contributed by atoms with Gasteiger partial charge >= 0.3 is 12.1 Å². The Hall–Kier alpha value is -3.45. The van der Waals surface area contributed by atoms with E-state index in [0.717, 1.165) is 9.58 Å². The summed E-state index contributed by atoms with van der Waals surface area (Å²) in [5.74, 6) is -2.39. The maximum absolute atomic E-state index is 14.8. The van der Waals surface area contributed by atoms with Crippen molar-refractivity contribution in [1.82, 2.24) is 20.1 Å². The SMILES string of the molecule is CNCC(=O)OCc1cccnc1N(C)C(=O)OC(C)n1nc(C(=O)Nc2ccc(Cl)cc2Cl)c(F)c1Cl. The Labute approximate surface area is 231 Å². The molecule has 3 aromatic rings. The van der Waals surface area contributed by atoms with Crippen LogP contribution in [0.2, 0.25) is 15.2 Å². The highest BCUT2D eigenvalue weighted by atomic mass is 35.5. The van der Waals surface area contributed by atoms with Crippen LogP contribution >= 0.6 is 34.8 Å². The molecule has 0 aliphatic carbocycles. The second kappa shape index (κ2) is 12.9. The zero-order valence-electron chi connectivity index (χ0n) is 20.3. The van der Waals surface area contributed by atoms with Crippen molar-refractivity contribution in [2.45, 2.75) is 19.8 Å². The van der Waals surface area contributed by atoms with Gasteiger partial charge in [-0.15, -0.1) is 0 Å². The third-order valence-corrected chi connectivity index (χ3v) is 5.86. The molecule has 11 nitrogen and oxygen atoms in total. The van der Waals surface area contributed by atoms with Crippen molar-refractivity contribution >= 4 is 64.3 Å². The number of carbonyl (C=O) groups is 3. The summed E-state index contributed by atoms with van der Waals surface area (Å²) in [5, 5.41) is 8.89. The summed E-state index contributed by atoms with van der Waals surface area (Å²) in [6.45, 7) is 1.25. The van der Waals surface area contributed by atoms with E-state index in [2.05, 4.69) is 20.7 Å². The number of benzene rings is 1. The highest BCUT2D eigenvalue weighted by molar-refractivity contribution is 6.37. The fourth-order valence-electron chi connectivity index (χ4n) is 3.11. The monoisotopic (exact) mass is 586 g/mol. The van der Waals surface area contributed by atoms with Gasteiger partial charge in [-0.3, -0.25) is 14.5 Å². The van der Waals surface area contributed by atoms with E-state index in [0.29, 0.717) is 10.6 Å². The van der Waals surface area contributed by atoms with E-state index >= 15 is 0 Å². The number of hydrogen-bond donors (Lipinski definition) is 2. The van der Waals surface area contributed by atoms with Gasteiger partial charge in [0.15, 0.2) is 22.9 Å². The molecule has 38 heavy (non-hydrogen) atoms. The van der Waals surface area contributed by atoms with Crippen molar-refractivity contribution in [2.75, 3.05) is 30.9 Å². The number of nitrogens with one attached hydrogen (secondary N) is 2. The van der Waals surface area contributed by atoms with Crippen molar-refractivity contribution in [2.24, 2.45) is 0 Å². The second-order valence-corrected chi connectivity index (χ2v) is 8.90. The number of likely N-dealkylation sites (N-methyl/N-ethyl adjacent to an activating group) is 1. The van der Waals surface area contributed by atoms with Gasteiger partial charge in [0.1, 0.15) is 12.4 Å². The third-order valence-electron chi connectivity index (χ3n) is 4.98. The molecule has 1 unspecified atom stereocenters. The maximum Gasteiger partial charge on any atom is 0.417 e. The van der Waals surface area contributed by atoms with Crippen molar-refractivity contribution in [3.63, 3.8) is 0 Å². The summed E-state index contributed by atoms with van der Waals surface area (Å²) in [4.78, 5) is 42.3. The Bertz CT molecular complexity index is 1360. The number of carbonyl (C=O) groups excluding carboxylic acids is 3. The summed E-state index contributed by atoms with van der Waals surface area (Å²) >= 11 is 17.9. The molecular formula is C23H22Cl3FN6O5. The molecule has 2 N–H and O–H groups in total. The van der Waals surface area contributed by atoms with Crippen LogP contribution in [0.1, 0.15) is 29.2 Å². The topological polar surface area (TPSA) is 128 Å². The molecule has 0 saturated heterocycles. The van der Waals surface area contributed by atoms with Crippen LogP contribution in [0, 0.1) is 5.82 Å². The Morgan fingerprint density at radius 3 is 2.63 bits per heavy atom. The predicted octanol–water partition coefficient (Wildman–Crippen LogP) is 4.68. The molecule has 2 heterocycles. The lowest BCUT2D eigenvalue weighted by Gasteiger charge is -2.22. The Kier molecular flexibility index (Phi) is 9.86. The fourth-order valence-corrected chi connectivity index (χ4v) is 3.83. The van der Waals surface area contributed by atoms with Gasteiger partial charge in [0.2, 0.25) is 0 Å². The van der Waals surface area contributed by atoms with E-state index in [9.17, 15) is 18.8 Å². The van der Waals surface area contributed by atoms with E-state index < -0.39 is 40.9 Å². The third kappa shape index (κ3) is 6.90. The van der Waals surface area contributed by atoms with Crippen LogP contribution in [0.15, 0.2) is 36.5 Å². The van der Waals surface area contributed by atoms with Crippen LogP contribution in [0.3, 0.4) is 0 Å². The van der Waals surface area contributed by atoms with Gasteiger partial charge < -0.3 is 20.1 Å². The first-order valence-corrected chi connectivity index (χ1v) is 12.0. The fraction of sp³-hybridized carbons (Fsp3) is 0.261. The molecule has 1 aromatic carbocycles. The minimum atomic E-state index is -1.23. The molecule has 202 valence electrons. The molecular weight excluding hydrogens is 566 g/mol. The second-order valence-electron chi connectivity index (χ2n) is 7.70. The van der Waals surface area contributed by atoms with Gasteiger partial charge in [-0.2, -0.15) is 5.10 Å². The minimum absolute atomic E-state index is 0.0128. The maximum atomic E-state index is 14.8. The average molecular weight is 588 g/mol. The number of hydrogen-bond acceptors (Lipinski definition) is 8. The number of nitrogens with zero attached hydrogens (tertiary/aromatic N) is 4. The van der Waals surface area contributed by atoms with E-state index in [1.165, 1.54) is 38.4 Å². The van der Waals surface area contributed by atoms with Gasteiger partial charge in [0, 0.05) is 23.8 Å². The number of halogens is 4. The van der Waals surface area contributed by atoms with Gasteiger partial charge in [-0.1, -0.05) is 40.9 Å². The van der Waals surface area contributed by atoms with Crippen LogP contribution < -0.4 is 15.5 Å². The molecule has 15 heteroatoms. The van der Waals surface area contributed by atoms with Crippen molar-refractivity contribution in [3.8, 4) is 0 Å². The largest absolute Gasteiger partial charge is 0.460 e. The molecule has 3 rings (SSSR count). The van der Waals surface area contributed by atoms with Crippen molar-refractivity contribution < 1.29 is 28.2 Å². The lowest BCUT2D eigenvalue weighted by molar-refractivity contribution is -0.143. The number of esters is 1. The first-order valence-electron chi connectivity index (χ1n) is 10.9. The average Bonchev–Trinajstić information content (AvgIpc) is 3.18. The first-order chi connectivity index (χ1) is 18.0. The van der Waals surface area contributed by atoms with Crippen LogP contribution in [0.5, 0.6) is 0 Å². The van der Waals surface area contributed by atoms with Crippen LogP contribution in [0.4, 0.5) is 20.7 Å². The van der Waals surface area contributed by atoms with Gasteiger partial charge in [0.25, 0.3) is 5.91 Å². The smallest absolute Gasteiger partial charge is 0.417 e. The quantitative estimate of drug-likeness (QED) is 0.345.